The van der Waals surface area contributed by atoms with Gasteiger partial charge in [-0.05, 0) is 38.0 Å². The Morgan fingerprint density at radius 1 is 1.24 bits per heavy atom. The molecule has 0 saturated carbocycles. The molecule has 3 N–H and O–H groups in total. The van der Waals surface area contributed by atoms with Crippen molar-refractivity contribution in [2.75, 3.05) is 6.54 Å². The number of hydrogen-bond acceptors (Lipinski definition) is 4. The summed E-state index contributed by atoms with van der Waals surface area (Å²) in [6.07, 6.45) is -0.669. The van der Waals surface area contributed by atoms with Crippen LogP contribution in [0.2, 0.25) is 0 Å². The molecule has 1 aromatic carbocycles. The highest BCUT2D eigenvalue weighted by atomic mass is 16.5. The number of nitrogens with one attached hydrogen (secondary N) is 2. The van der Waals surface area contributed by atoms with E-state index in [4.69, 9.17) is 4.74 Å². The van der Waals surface area contributed by atoms with Crippen LogP contribution >= 0.6 is 0 Å². The largest absolute Gasteiger partial charge is 0.481 e. The van der Waals surface area contributed by atoms with Gasteiger partial charge < -0.3 is 15.2 Å². The Balaban J connectivity index is 2.56. The second-order valence-corrected chi connectivity index (χ2v) is 4.60. The van der Waals surface area contributed by atoms with Crippen LogP contribution in [0.4, 0.5) is 4.79 Å². The Labute approximate surface area is 124 Å². The Bertz CT molecular complexity index is 473. The van der Waals surface area contributed by atoms with Gasteiger partial charge in [-0.2, -0.15) is 0 Å². The lowest BCUT2D eigenvalue weighted by Gasteiger charge is -2.15. The number of carbonyl (C=O) groups excluding carboxylic acids is 2. The lowest BCUT2D eigenvalue weighted by molar-refractivity contribution is -0.126. The Morgan fingerprint density at radius 3 is 2.38 bits per heavy atom. The van der Waals surface area contributed by atoms with Crippen molar-refractivity contribution in [2.45, 2.75) is 39.4 Å². The number of aliphatic hydroxyl groups excluding tert-OH is 1. The Kier molecular flexibility index (Phi) is 6.68. The van der Waals surface area contributed by atoms with Crippen LogP contribution in [-0.4, -0.2) is 29.7 Å². The molecule has 0 fully saturated rings. The molecule has 0 heterocycles. The normalized spacial score (nSPS) is 13.1. The third kappa shape index (κ3) is 5.43. The molecule has 0 bridgehead atoms. The zero-order valence-electron chi connectivity index (χ0n) is 12.6. The van der Waals surface area contributed by atoms with E-state index in [-0.39, 0.29) is 0 Å². The van der Waals surface area contributed by atoms with Gasteiger partial charge >= 0.3 is 6.03 Å². The molecule has 21 heavy (non-hydrogen) atoms. The molecule has 116 valence electrons. The molecule has 2 atom stereocenters. The SMILES string of the molecule is CCNC(=O)NC(=O)C(C)Oc1ccc([C@H](O)CC)cc1. The average molecular weight is 294 g/mol. The van der Waals surface area contributed by atoms with Crippen LogP contribution in [0.5, 0.6) is 5.75 Å². The van der Waals surface area contributed by atoms with Gasteiger partial charge in [-0.1, -0.05) is 19.1 Å². The van der Waals surface area contributed by atoms with Gasteiger partial charge in [-0.15, -0.1) is 0 Å². The van der Waals surface area contributed by atoms with Crippen molar-refractivity contribution in [1.29, 1.82) is 0 Å². The summed E-state index contributed by atoms with van der Waals surface area (Å²) >= 11 is 0. The Morgan fingerprint density at radius 2 is 1.86 bits per heavy atom. The number of urea groups is 1. The first kappa shape index (κ1) is 17.0. The zero-order chi connectivity index (χ0) is 15.8. The summed E-state index contributed by atoms with van der Waals surface area (Å²) in [6, 6.07) is 6.32. The van der Waals surface area contributed by atoms with Gasteiger partial charge in [0.15, 0.2) is 6.10 Å². The first-order valence-corrected chi connectivity index (χ1v) is 7.01. The smallest absolute Gasteiger partial charge is 0.321 e. The fourth-order valence-corrected chi connectivity index (χ4v) is 1.68. The minimum Gasteiger partial charge on any atom is -0.481 e. The molecule has 1 aromatic rings. The summed E-state index contributed by atoms with van der Waals surface area (Å²) in [5.41, 5.74) is 0.796. The van der Waals surface area contributed by atoms with Crippen molar-refractivity contribution in [1.82, 2.24) is 10.6 Å². The summed E-state index contributed by atoms with van der Waals surface area (Å²) < 4.78 is 5.45. The molecule has 3 amide bonds. The summed E-state index contributed by atoms with van der Waals surface area (Å²) in [7, 11) is 0. The van der Waals surface area contributed by atoms with Gasteiger partial charge in [0.05, 0.1) is 6.10 Å². The van der Waals surface area contributed by atoms with E-state index in [0.717, 1.165) is 5.56 Å². The number of imide groups is 1. The second kappa shape index (κ2) is 8.26. The van der Waals surface area contributed by atoms with E-state index in [1.165, 1.54) is 0 Å². The number of hydrogen-bond donors (Lipinski definition) is 3. The molecule has 0 aliphatic rings. The quantitative estimate of drug-likeness (QED) is 0.746. The fourth-order valence-electron chi connectivity index (χ4n) is 1.68. The monoisotopic (exact) mass is 294 g/mol. The number of aliphatic hydroxyl groups is 1. The first-order valence-electron chi connectivity index (χ1n) is 7.01. The van der Waals surface area contributed by atoms with Crippen molar-refractivity contribution in [3.8, 4) is 5.75 Å². The highest BCUT2D eigenvalue weighted by Crippen LogP contribution is 2.20. The van der Waals surface area contributed by atoms with Crippen molar-refractivity contribution in [2.24, 2.45) is 0 Å². The van der Waals surface area contributed by atoms with Gasteiger partial charge in [0, 0.05) is 6.54 Å². The molecule has 6 nitrogen and oxygen atoms in total. The molecular formula is C15H22N2O4. The van der Waals surface area contributed by atoms with Crippen LogP contribution in [0.25, 0.3) is 0 Å². The molecular weight excluding hydrogens is 272 g/mol. The average Bonchev–Trinajstić information content (AvgIpc) is 2.47. The van der Waals surface area contributed by atoms with Crippen LogP contribution < -0.4 is 15.4 Å². The summed E-state index contributed by atoms with van der Waals surface area (Å²) in [6.45, 7) is 5.65. The van der Waals surface area contributed by atoms with Gasteiger partial charge in [0.25, 0.3) is 5.91 Å². The first-order chi connectivity index (χ1) is 9.97. The number of amides is 3. The number of ether oxygens (including phenoxy) is 1. The van der Waals surface area contributed by atoms with Crippen LogP contribution in [0.1, 0.15) is 38.9 Å². The van der Waals surface area contributed by atoms with Gasteiger partial charge in [0.1, 0.15) is 5.75 Å². The fraction of sp³-hybridized carbons (Fsp3) is 0.467. The standard InChI is InChI=1S/C15H22N2O4/c1-4-13(18)11-6-8-12(9-7-11)21-10(3)14(19)17-15(20)16-5-2/h6-10,13,18H,4-5H2,1-3H3,(H2,16,17,19,20)/t10?,13-/m1/s1. The summed E-state index contributed by atoms with van der Waals surface area (Å²) in [5.74, 6) is -0.0146. The second-order valence-electron chi connectivity index (χ2n) is 4.60. The predicted molar refractivity (Wildman–Crippen MR) is 79.0 cm³/mol. The zero-order valence-corrected chi connectivity index (χ0v) is 12.6. The van der Waals surface area contributed by atoms with Crippen LogP contribution in [0, 0.1) is 0 Å². The minimum absolute atomic E-state index is 0.440. The molecule has 0 aliphatic heterocycles. The van der Waals surface area contributed by atoms with Crippen molar-refractivity contribution in [3.05, 3.63) is 29.8 Å². The van der Waals surface area contributed by atoms with E-state index in [2.05, 4.69) is 10.6 Å². The number of rotatable bonds is 6. The topological polar surface area (TPSA) is 87.7 Å². The molecule has 0 spiro atoms. The summed E-state index contributed by atoms with van der Waals surface area (Å²) in [5, 5.41) is 14.3. The maximum atomic E-state index is 11.7. The lowest BCUT2D eigenvalue weighted by Crippen LogP contribution is -2.45. The minimum atomic E-state index is -0.797. The maximum Gasteiger partial charge on any atom is 0.321 e. The van der Waals surface area contributed by atoms with E-state index in [1.807, 2.05) is 6.92 Å². The number of benzene rings is 1. The maximum absolute atomic E-state index is 11.7. The van der Waals surface area contributed by atoms with Crippen LogP contribution in [0.15, 0.2) is 24.3 Å². The third-order valence-electron chi connectivity index (χ3n) is 2.91. The van der Waals surface area contributed by atoms with E-state index in [1.54, 1.807) is 38.1 Å². The van der Waals surface area contributed by atoms with E-state index in [0.29, 0.717) is 18.7 Å². The molecule has 0 saturated heterocycles. The highest BCUT2D eigenvalue weighted by molar-refractivity contribution is 5.96. The van der Waals surface area contributed by atoms with Crippen molar-refractivity contribution in [3.63, 3.8) is 0 Å². The molecule has 0 aliphatic carbocycles. The molecule has 0 aromatic heterocycles. The van der Waals surface area contributed by atoms with Gasteiger partial charge in [-0.3, -0.25) is 10.1 Å². The van der Waals surface area contributed by atoms with Gasteiger partial charge in [-0.25, -0.2) is 4.79 Å². The molecule has 1 unspecified atom stereocenters. The number of carbonyl (C=O) groups is 2. The molecule has 1 rings (SSSR count). The molecule has 6 heteroatoms. The van der Waals surface area contributed by atoms with Crippen LogP contribution in [-0.2, 0) is 4.79 Å². The third-order valence-corrected chi connectivity index (χ3v) is 2.91. The van der Waals surface area contributed by atoms with Crippen LogP contribution in [0.3, 0.4) is 0 Å². The highest BCUT2D eigenvalue weighted by Gasteiger charge is 2.17. The summed E-state index contributed by atoms with van der Waals surface area (Å²) in [4.78, 5) is 23.0. The molecule has 0 radical (unpaired) electrons. The van der Waals surface area contributed by atoms with E-state index < -0.39 is 24.1 Å². The van der Waals surface area contributed by atoms with Gasteiger partial charge in [0.2, 0.25) is 0 Å². The van der Waals surface area contributed by atoms with Crippen molar-refractivity contribution >= 4 is 11.9 Å². The van der Waals surface area contributed by atoms with E-state index in [9.17, 15) is 14.7 Å². The Hall–Kier alpha value is -2.08. The predicted octanol–water partition coefficient (Wildman–Crippen LogP) is 1.74. The van der Waals surface area contributed by atoms with E-state index >= 15 is 0 Å². The lowest BCUT2D eigenvalue weighted by atomic mass is 10.1. The van der Waals surface area contributed by atoms with Crippen molar-refractivity contribution < 1.29 is 19.4 Å².